The van der Waals surface area contributed by atoms with Crippen molar-refractivity contribution in [2.24, 2.45) is 0 Å². The monoisotopic (exact) mass is 268 g/mol. The van der Waals surface area contributed by atoms with Crippen LogP contribution in [0.25, 0.3) is 22.7 Å². The van der Waals surface area contributed by atoms with E-state index in [1.807, 2.05) is 44.2 Å². The van der Waals surface area contributed by atoms with Crippen LogP contribution in [0.4, 0.5) is 0 Å². The van der Waals surface area contributed by atoms with Gasteiger partial charge in [-0.25, -0.2) is 9.97 Å². The molecule has 0 atom stereocenters. The summed E-state index contributed by atoms with van der Waals surface area (Å²) in [6.45, 7) is 8.06. The Kier molecular flexibility index (Phi) is 4.25. The number of hydrogen-bond acceptors (Lipinski definition) is 4. The topological polar surface area (TPSA) is 52.1 Å². The number of benzene rings is 1. The molecule has 0 spiro atoms. The molecule has 0 bridgehead atoms. The molecular formula is C16H16N2O2. The van der Waals surface area contributed by atoms with E-state index >= 15 is 0 Å². The first-order valence-corrected chi connectivity index (χ1v) is 6.42. The van der Waals surface area contributed by atoms with Crippen molar-refractivity contribution in [3.63, 3.8) is 0 Å². The second kappa shape index (κ2) is 6.10. The molecule has 0 amide bonds. The minimum Gasteiger partial charge on any atom is -0.492 e. The Labute approximate surface area is 117 Å². The third kappa shape index (κ3) is 2.59. The standard InChI is InChI=1S/C16H16N2O2/c1-4-7-12-15(11(3)10-19)18-16-13(17-12)8-6-9-14(16)20-5-2/h4,6-10H,3,5H2,1-2H3/b7-4-. The molecule has 20 heavy (non-hydrogen) atoms. The summed E-state index contributed by atoms with van der Waals surface area (Å²) in [5.74, 6) is 0.657. The summed E-state index contributed by atoms with van der Waals surface area (Å²) < 4.78 is 5.55. The zero-order valence-corrected chi connectivity index (χ0v) is 11.6. The maximum atomic E-state index is 11.0. The summed E-state index contributed by atoms with van der Waals surface area (Å²) in [4.78, 5) is 20.0. The van der Waals surface area contributed by atoms with Crippen LogP contribution in [-0.4, -0.2) is 22.9 Å². The van der Waals surface area contributed by atoms with Crippen LogP contribution in [0.5, 0.6) is 5.75 Å². The second-order valence-corrected chi connectivity index (χ2v) is 4.16. The number of nitrogens with zero attached hydrogens (tertiary/aromatic N) is 2. The SMILES string of the molecule is C=C(C=O)c1nc2c(OCC)cccc2nc1/C=C\C. The number of hydrogen-bond donors (Lipinski definition) is 0. The molecule has 0 saturated heterocycles. The van der Waals surface area contributed by atoms with Gasteiger partial charge in [0.05, 0.1) is 23.5 Å². The van der Waals surface area contributed by atoms with Crippen LogP contribution in [0.3, 0.4) is 0 Å². The first-order valence-electron chi connectivity index (χ1n) is 6.42. The molecule has 2 rings (SSSR count). The first-order chi connectivity index (χ1) is 9.71. The lowest BCUT2D eigenvalue weighted by Gasteiger charge is -2.09. The van der Waals surface area contributed by atoms with Crippen LogP contribution in [0, 0.1) is 0 Å². The normalized spacial score (nSPS) is 10.9. The first kappa shape index (κ1) is 13.9. The quantitative estimate of drug-likeness (QED) is 0.617. The van der Waals surface area contributed by atoms with Gasteiger partial charge in [0.1, 0.15) is 11.3 Å². The van der Waals surface area contributed by atoms with Gasteiger partial charge in [0, 0.05) is 5.57 Å². The highest BCUT2D eigenvalue weighted by atomic mass is 16.5. The van der Waals surface area contributed by atoms with Gasteiger partial charge in [-0.3, -0.25) is 4.79 Å². The molecule has 102 valence electrons. The number of fused-ring (bicyclic) bond motifs is 1. The van der Waals surface area contributed by atoms with Crippen molar-refractivity contribution in [1.29, 1.82) is 0 Å². The van der Waals surface area contributed by atoms with Crippen LogP contribution in [0.2, 0.25) is 0 Å². The number of aromatic nitrogens is 2. The van der Waals surface area contributed by atoms with E-state index in [1.165, 1.54) is 0 Å². The minimum absolute atomic E-state index is 0.304. The largest absolute Gasteiger partial charge is 0.492 e. The Morgan fingerprint density at radius 1 is 1.40 bits per heavy atom. The number of ether oxygens (including phenoxy) is 1. The van der Waals surface area contributed by atoms with Gasteiger partial charge >= 0.3 is 0 Å². The van der Waals surface area contributed by atoms with Crippen molar-refractivity contribution in [3.05, 3.63) is 42.2 Å². The van der Waals surface area contributed by atoms with Crippen molar-refractivity contribution < 1.29 is 9.53 Å². The summed E-state index contributed by atoms with van der Waals surface area (Å²) in [6, 6.07) is 5.57. The number of carbonyl (C=O) groups excluding carboxylic acids is 1. The average Bonchev–Trinajstić information content (AvgIpc) is 2.47. The van der Waals surface area contributed by atoms with E-state index in [1.54, 1.807) is 0 Å². The van der Waals surface area contributed by atoms with Gasteiger partial charge in [-0.05, 0) is 32.1 Å². The Hall–Kier alpha value is -2.49. The molecule has 2 aromatic rings. The molecule has 0 saturated carbocycles. The molecule has 4 heteroatoms. The van der Waals surface area contributed by atoms with Crippen LogP contribution < -0.4 is 4.74 Å². The van der Waals surface area contributed by atoms with Gasteiger partial charge < -0.3 is 4.74 Å². The van der Waals surface area contributed by atoms with E-state index in [4.69, 9.17) is 4.74 Å². The molecule has 1 aromatic heterocycles. The molecule has 0 fully saturated rings. The molecule has 1 heterocycles. The zero-order chi connectivity index (χ0) is 14.5. The van der Waals surface area contributed by atoms with Crippen molar-refractivity contribution in [2.45, 2.75) is 13.8 Å². The Morgan fingerprint density at radius 3 is 2.85 bits per heavy atom. The fourth-order valence-electron chi connectivity index (χ4n) is 1.90. The third-order valence-electron chi connectivity index (χ3n) is 2.76. The van der Waals surface area contributed by atoms with Gasteiger partial charge in [0.2, 0.25) is 0 Å². The van der Waals surface area contributed by atoms with Crippen LogP contribution >= 0.6 is 0 Å². The average molecular weight is 268 g/mol. The van der Waals surface area contributed by atoms with Crippen molar-refractivity contribution >= 4 is 29.0 Å². The fourth-order valence-corrected chi connectivity index (χ4v) is 1.90. The van der Waals surface area contributed by atoms with E-state index in [2.05, 4.69) is 16.5 Å². The maximum absolute atomic E-state index is 11.0. The summed E-state index contributed by atoms with van der Waals surface area (Å²) in [6.07, 6.45) is 4.35. The maximum Gasteiger partial charge on any atom is 0.151 e. The lowest BCUT2D eigenvalue weighted by Crippen LogP contribution is -2.01. The van der Waals surface area contributed by atoms with E-state index in [0.29, 0.717) is 41.1 Å². The molecule has 0 unspecified atom stereocenters. The van der Waals surface area contributed by atoms with Crippen LogP contribution in [0.1, 0.15) is 25.2 Å². The number of rotatable bonds is 5. The molecular weight excluding hydrogens is 252 g/mol. The predicted octanol–water partition coefficient (Wildman–Crippen LogP) is 3.27. The molecule has 0 radical (unpaired) electrons. The summed E-state index contributed by atoms with van der Waals surface area (Å²) >= 11 is 0. The van der Waals surface area contributed by atoms with Gasteiger partial charge in [0.25, 0.3) is 0 Å². The van der Waals surface area contributed by atoms with Crippen molar-refractivity contribution in [3.8, 4) is 5.75 Å². The van der Waals surface area contributed by atoms with E-state index in [-0.39, 0.29) is 0 Å². The highest BCUT2D eigenvalue weighted by molar-refractivity contribution is 6.06. The van der Waals surface area contributed by atoms with Gasteiger partial charge in [-0.1, -0.05) is 18.7 Å². The lowest BCUT2D eigenvalue weighted by atomic mass is 10.1. The lowest BCUT2D eigenvalue weighted by molar-refractivity contribution is -0.103. The molecule has 0 aliphatic heterocycles. The van der Waals surface area contributed by atoms with E-state index in [9.17, 15) is 4.79 Å². The highest BCUT2D eigenvalue weighted by Gasteiger charge is 2.12. The third-order valence-corrected chi connectivity index (χ3v) is 2.76. The smallest absolute Gasteiger partial charge is 0.151 e. The molecule has 0 N–H and O–H groups in total. The van der Waals surface area contributed by atoms with Crippen LogP contribution in [0.15, 0.2) is 30.9 Å². The van der Waals surface area contributed by atoms with Gasteiger partial charge in [-0.15, -0.1) is 0 Å². The highest BCUT2D eigenvalue weighted by Crippen LogP contribution is 2.26. The van der Waals surface area contributed by atoms with Crippen molar-refractivity contribution in [1.82, 2.24) is 9.97 Å². The Bertz CT molecular complexity index is 690. The van der Waals surface area contributed by atoms with Crippen molar-refractivity contribution in [2.75, 3.05) is 6.61 Å². The Morgan fingerprint density at radius 2 is 2.20 bits per heavy atom. The number of carbonyl (C=O) groups is 1. The van der Waals surface area contributed by atoms with Crippen LogP contribution in [-0.2, 0) is 4.79 Å². The van der Waals surface area contributed by atoms with E-state index in [0.717, 1.165) is 5.52 Å². The fraction of sp³-hybridized carbons (Fsp3) is 0.188. The molecule has 1 aromatic carbocycles. The second-order valence-electron chi connectivity index (χ2n) is 4.16. The summed E-state index contributed by atoms with van der Waals surface area (Å²) in [5.41, 5.74) is 2.79. The number of aldehydes is 1. The zero-order valence-electron chi connectivity index (χ0n) is 11.6. The van der Waals surface area contributed by atoms with Gasteiger partial charge in [-0.2, -0.15) is 0 Å². The summed E-state index contributed by atoms with van der Waals surface area (Å²) in [7, 11) is 0. The minimum atomic E-state index is 0.304. The Balaban J connectivity index is 2.74. The molecule has 4 nitrogen and oxygen atoms in total. The summed E-state index contributed by atoms with van der Waals surface area (Å²) in [5, 5.41) is 0. The van der Waals surface area contributed by atoms with E-state index < -0.39 is 0 Å². The molecule has 0 aliphatic rings. The number of allylic oxidation sites excluding steroid dienone is 2. The number of para-hydroxylation sites is 1. The predicted molar refractivity (Wildman–Crippen MR) is 80.5 cm³/mol. The molecule has 0 aliphatic carbocycles. The van der Waals surface area contributed by atoms with Gasteiger partial charge in [0.15, 0.2) is 6.29 Å².